The topological polar surface area (TPSA) is 16.1 Å². The molecule has 2 aromatic rings. The Kier molecular flexibility index (Phi) is 4.52. The highest BCUT2D eigenvalue weighted by Crippen LogP contribution is 2.46. The highest BCUT2D eigenvalue weighted by Gasteiger charge is 2.29. The summed E-state index contributed by atoms with van der Waals surface area (Å²) in [6.07, 6.45) is 4.76. The van der Waals surface area contributed by atoms with Crippen LogP contribution >= 0.6 is 11.3 Å². The number of hydrogen-bond acceptors (Lipinski definition) is 3. The zero-order valence-corrected chi connectivity index (χ0v) is 15.6. The van der Waals surface area contributed by atoms with E-state index in [2.05, 4.69) is 23.7 Å². The second kappa shape index (κ2) is 6.67. The molecule has 25 heavy (non-hydrogen) atoms. The lowest BCUT2D eigenvalue weighted by Gasteiger charge is -2.36. The van der Waals surface area contributed by atoms with Crippen molar-refractivity contribution in [2.45, 2.75) is 64.3 Å². The molecule has 1 atom stereocenters. The van der Waals surface area contributed by atoms with Gasteiger partial charge in [-0.05, 0) is 56.7 Å². The molecule has 2 nitrogen and oxygen atoms in total. The van der Waals surface area contributed by atoms with E-state index in [9.17, 15) is 8.78 Å². The van der Waals surface area contributed by atoms with E-state index in [0.29, 0.717) is 17.5 Å². The molecule has 0 radical (unpaired) electrons. The van der Waals surface area contributed by atoms with Gasteiger partial charge in [-0.25, -0.2) is 13.8 Å². The number of benzene rings is 1. The summed E-state index contributed by atoms with van der Waals surface area (Å²) in [5.74, 6) is 0.562. The molecule has 1 aliphatic carbocycles. The smallest absolute Gasteiger partial charge is 0.264 e. The number of fused-ring (bicyclic) bond motifs is 1. The van der Waals surface area contributed by atoms with Gasteiger partial charge in [-0.3, -0.25) is 0 Å². The second-order valence-corrected chi connectivity index (χ2v) is 8.32. The molecule has 2 aliphatic rings. The first-order valence-corrected chi connectivity index (χ1v) is 10.1. The number of nitrogens with zero attached hydrogens (tertiary/aromatic N) is 2. The van der Waals surface area contributed by atoms with Gasteiger partial charge in [0.2, 0.25) is 0 Å². The molecule has 0 N–H and O–H groups in total. The Morgan fingerprint density at radius 3 is 2.80 bits per heavy atom. The fraction of sp³-hybridized carbons (Fsp3) is 0.550. The normalized spacial score (nSPS) is 18.5. The Hall–Kier alpha value is -1.49. The van der Waals surface area contributed by atoms with Crippen LogP contribution < -0.4 is 4.90 Å². The molecule has 1 aromatic heterocycles. The third-order valence-electron chi connectivity index (χ3n) is 5.48. The quantitative estimate of drug-likeness (QED) is 0.632. The third-order valence-corrected chi connectivity index (χ3v) is 6.67. The van der Waals surface area contributed by atoms with E-state index in [1.807, 2.05) is 6.07 Å². The average Bonchev–Trinajstić information content (AvgIpc) is 3.36. The number of halogens is 2. The van der Waals surface area contributed by atoms with Gasteiger partial charge >= 0.3 is 0 Å². The highest BCUT2D eigenvalue weighted by atomic mass is 32.1. The number of anilines is 1. The Morgan fingerprint density at radius 1 is 1.32 bits per heavy atom. The average molecular weight is 362 g/mol. The van der Waals surface area contributed by atoms with Crippen molar-refractivity contribution in [3.63, 3.8) is 0 Å². The summed E-state index contributed by atoms with van der Waals surface area (Å²) >= 11 is 1.59. The predicted molar refractivity (Wildman–Crippen MR) is 99.9 cm³/mol. The van der Waals surface area contributed by atoms with Crippen LogP contribution in [0.5, 0.6) is 0 Å². The second-order valence-electron chi connectivity index (χ2n) is 7.26. The minimum atomic E-state index is -2.47. The molecule has 0 saturated heterocycles. The van der Waals surface area contributed by atoms with E-state index in [1.165, 1.54) is 18.4 Å². The maximum absolute atomic E-state index is 13.8. The monoisotopic (exact) mass is 362 g/mol. The van der Waals surface area contributed by atoms with Crippen molar-refractivity contribution in [1.29, 1.82) is 0 Å². The van der Waals surface area contributed by atoms with Crippen LogP contribution in [-0.4, -0.2) is 17.6 Å². The molecule has 2 heterocycles. The van der Waals surface area contributed by atoms with Crippen LogP contribution in [-0.2, 0) is 6.42 Å². The van der Waals surface area contributed by atoms with Gasteiger partial charge in [-0.1, -0.05) is 6.92 Å². The largest absolute Gasteiger partial charge is 0.369 e. The lowest BCUT2D eigenvalue weighted by atomic mass is 9.94. The van der Waals surface area contributed by atoms with Gasteiger partial charge in [0.15, 0.2) is 0 Å². The van der Waals surface area contributed by atoms with E-state index >= 15 is 0 Å². The van der Waals surface area contributed by atoms with Crippen molar-refractivity contribution in [2.24, 2.45) is 0 Å². The molecule has 134 valence electrons. The van der Waals surface area contributed by atoms with Gasteiger partial charge in [0.1, 0.15) is 0 Å². The maximum atomic E-state index is 13.8. The van der Waals surface area contributed by atoms with E-state index in [0.717, 1.165) is 41.4 Å². The summed E-state index contributed by atoms with van der Waals surface area (Å²) in [6.45, 7) is 5.28. The first kappa shape index (κ1) is 17.0. The Balaban J connectivity index is 1.79. The Morgan fingerprint density at radius 2 is 2.12 bits per heavy atom. The summed E-state index contributed by atoms with van der Waals surface area (Å²) in [7, 11) is 0. The molecule has 4 rings (SSSR count). The van der Waals surface area contributed by atoms with Crippen molar-refractivity contribution < 1.29 is 8.78 Å². The molecular formula is C20H24F2N2S. The summed E-state index contributed by atoms with van der Waals surface area (Å²) in [6, 6.07) is 4.13. The van der Waals surface area contributed by atoms with Crippen molar-refractivity contribution in [3.05, 3.63) is 34.5 Å². The summed E-state index contributed by atoms with van der Waals surface area (Å²) in [5, 5.41) is 1.11. The lowest BCUT2D eigenvalue weighted by molar-refractivity contribution is 0.152. The van der Waals surface area contributed by atoms with Crippen molar-refractivity contribution in [2.75, 3.05) is 11.4 Å². The SMILES string of the molecule is CCC(C)N1CCCc2cc(-c3cnc(C4CC4)s3)c(C(F)F)cc21. The number of rotatable bonds is 5. The van der Waals surface area contributed by atoms with E-state index in [-0.39, 0.29) is 5.56 Å². The van der Waals surface area contributed by atoms with Crippen LogP contribution in [0.3, 0.4) is 0 Å². The van der Waals surface area contributed by atoms with Crippen LogP contribution in [0.1, 0.15) is 68.0 Å². The molecule has 1 aromatic carbocycles. The number of thiazole rings is 1. The number of aryl methyl sites for hydroxylation is 1. The molecule has 0 amide bonds. The first-order valence-electron chi connectivity index (χ1n) is 9.26. The molecule has 1 aliphatic heterocycles. The van der Waals surface area contributed by atoms with Gasteiger partial charge in [-0.15, -0.1) is 11.3 Å². The Labute approximate surface area is 151 Å². The van der Waals surface area contributed by atoms with E-state index in [1.54, 1.807) is 23.6 Å². The van der Waals surface area contributed by atoms with Crippen LogP contribution in [0.25, 0.3) is 10.4 Å². The minimum absolute atomic E-state index is 0.153. The molecule has 1 unspecified atom stereocenters. The van der Waals surface area contributed by atoms with Crippen molar-refractivity contribution >= 4 is 17.0 Å². The number of alkyl halides is 2. The number of aromatic nitrogens is 1. The molecule has 1 saturated carbocycles. The van der Waals surface area contributed by atoms with Gasteiger partial charge in [0.25, 0.3) is 6.43 Å². The molecule has 1 fully saturated rings. The predicted octanol–water partition coefficient (Wildman–Crippen LogP) is 6.18. The molecule has 5 heteroatoms. The third kappa shape index (κ3) is 3.19. The van der Waals surface area contributed by atoms with E-state index in [4.69, 9.17) is 0 Å². The minimum Gasteiger partial charge on any atom is -0.369 e. The zero-order valence-electron chi connectivity index (χ0n) is 14.8. The van der Waals surface area contributed by atoms with Crippen molar-refractivity contribution in [1.82, 2.24) is 4.98 Å². The Bertz CT molecular complexity index is 767. The fourth-order valence-corrected chi connectivity index (χ4v) is 4.81. The molecule has 0 spiro atoms. The summed E-state index contributed by atoms with van der Waals surface area (Å²) in [4.78, 5) is 7.68. The zero-order chi connectivity index (χ0) is 17.6. The maximum Gasteiger partial charge on any atom is 0.264 e. The van der Waals surface area contributed by atoms with Crippen LogP contribution in [0.4, 0.5) is 14.5 Å². The van der Waals surface area contributed by atoms with Crippen LogP contribution in [0, 0.1) is 0 Å². The van der Waals surface area contributed by atoms with Gasteiger partial charge in [-0.2, -0.15) is 0 Å². The highest BCUT2D eigenvalue weighted by molar-refractivity contribution is 7.15. The summed E-state index contributed by atoms with van der Waals surface area (Å²) < 4.78 is 27.7. The number of hydrogen-bond donors (Lipinski definition) is 0. The first-order chi connectivity index (χ1) is 12.1. The van der Waals surface area contributed by atoms with Crippen LogP contribution in [0.15, 0.2) is 18.3 Å². The standard InChI is InChI=1S/C20H24F2N2S/c1-3-12(2)24-8-4-5-14-9-15(16(19(21)22)10-17(14)24)18-11-23-20(25-18)13-6-7-13/h9-13,19H,3-8H2,1-2H3. The fourth-order valence-electron chi connectivity index (χ4n) is 3.68. The van der Waals surface area contributed by atoms with Gasteiger partial charge in [0, 0.05) is 41.5 Å². The van der Waals surface area contributed by atoms with E-state index < -0.39 is 6.43 Å². The van der Waals surface area contributed by atoms with Crippen molar-refractivity contribution in [3.8, 4) is 10.4 Å². The van der Waals surface area contributed by atoms with Crippen LogP contribution in [0.2, 0.25) is 0 Å². The van der Waals surface area contributed by atoms with Gasteiger partial charge < -0.3 is 4.90 Å². The molecule has 0 bridgehead atoms. The lowest BCUT2D eigenvalue weighted by Crippen LogP contribution is -2.37. The molecular weight excluding hydrogens is 338 g/mol. The van der Waals surface area contributed by atoms with Gasteiger partial charge in [0.05, 0.1) is 9.88 Å². The summed E-state index contributed by atoms with van der Waals surface area (Å²) in [5.41, 5.74) is 3.04.